The molecular formula is C26H36N4O3S. The third kappa shape index (κ3) is 6.58. The first-order valence-electron chi connectivity index (χ1n) is 12.4. The van der Waals surface area contributed by atoms with Gasteiger partial charge in [-0.05, 0) is 55.5 Å². The zero-order chi connectivity index (χ0) is 23.8. The Kier molecular flexibility index (Phi) is 8.59. The highest BCUT2D eigenvalue weighted by molar-refractivity contribution is 7.89. The normalized spacial score (nSPS) is 20.1. The summed E-state index contributed by atoms with van der Waals surface area (Å²) in [5.74, 6) is 0. The molecule has 0 bridgehead atoms. The van der Waals surface area contributed by atoms with Gasteiger partial charge in [0.25, 0.3) is 0 Å². The van der Waals surface area contributed by atoms with Gasteiger partial charge in [-0.1, -0.05) is 55.3 Å². The van der Waals surface area contributed by atoms with Gasteiger partial charge in [0.15, 0.2) is 0 Å². The van der Waals surface area contributed by atoms with Gasteiger partial charge in [-0.2, -0.15) is 4.31 Å². The standard InChI is InChI=1S/C26H36N4O3S/c31-26(28-20-24-11-5-8-16-29(24)21-23-9-3-1-4-10-23)27-19-22-12-14-25(15-13-22)34(32,33)30-17-6-2-7-18-30/h1,3-4,9-10,12-15,24H,2,5-8,11,16-21H2,(H2,27,28,31). The molecule has 2 heterocycles. The topological polar surface area (TPSA) is 81.8 Å². The highest BCUT2D eigenvalue weighted by Crippen LogP contribution is 2.21. The van der Waals surface area contributed by atoms with Crippen LogP contribution in [0.4, 0.5) is 4.79 Å². The largest absolute Gasteiger partial charge is 0.337 e. The minimum Gasteiger partial charge on any atom is -0.337 e. The molecule has 0 spiro atoms. The Balaban J connectivity index is 1.24. The molecule has 2 aliphatic heterocycles. The summed E-state index contributed by atoms with van der Waals surface area (Å²) >= 11 is 0. The molecule has 2 aliphatic rings. The molecule has 2 aromatic rings. The molecule has 8 heteroatoms. The van der Waals surface area contributed by atoms with Crippen LogP contribution in [0.25, 0.3) is 0 Å². The Bertz CT molecular complexity index is 1020. The summed E-state index contributed by atoms with van der Waals surface area (Å²) in [5.41, 5.74) is 2.17. The molecule has 2 fully saturated rings. The molecule has 2 saturated heterocycles. The SMILES string of the molecule is O=C(NCc1ccc(S(=O)(=O)N2CCCCC2)cc1)NCC1CCCCN1Cc1ccccc1. The fourth-order valence-electron chi connectivity index (χ4n) is 4.81. The van der Waals surface area contributed by atoms with Crippen molar-refractivity contribution in [2.24, 2.45) is 0 Å². The number of rotatable bonds is 8. The second-order valence-electron chi connectivity index (χ2n) is 9.28. The molecule has 4 rings (SSSR count). The fraction of sp³-hybridized carbons (Fsp3) is 0.500. The molecule has 184 valence electrons. The van der Waals surface area contributed by atoms with E-state index in [0.29, 0.717) is 37.1 Å². The zero-order valence-corrected chi connectivity index (χ0v) is 20.6. The van der Waals surface area contributed by atoms with Crippen LogP contribution in [0.2, 0.25) is 0 Å². The molecular weight excluding hydrogens is 448 g/mol. The predicted molar refractivity (Wildman–Crippen MR) is 134 cm³/mol. The lowest BCUT2D eigenvalue weighted by atomic mass is 10.0. The third-order valence-electron chi connectivity index (χ3n) is 6.81. The van der Waals surface area contributed by atoms with Crippen LogP contribution in [-0.2, 0) is 23.1 Å². The molecule has 0 radical (unpaired) electrons. The number of carbonyl (C=O) groups excluding carboxylic acids is 1. The van der Waals surface area contributed by atoms with Crippen molar-refractivity contribution in [1.29, 1.82) is 0 Å². The second kappa shape index (κ2) is 11.8. The van der Waals surface area contributed by atoms with Crippen LogP contribution in [0.5, 0.6) is 0 Å². The third-order valence-corrected chi connectivity index (χ3v) is 8.72. The first-order valence-corrected chi connectivity index (χ1v) is 13.9. The monoisotopic (exact) mass is 484 g/mol. The lowest BCUT2D eigenvalue weighted by Crippen LogP contribution is -2.48. The highest BCUT2D eigenvalue weighted by Gasteiger charge is 2.26. The average Bonchev–Trinajstić information content (AvgIpc) is 2.88. The van der Waals surface area contributed by atoms with Gasteiger partial charge in [-0.25, -0.2) is 13.2 Å². The molecule has 0 aromatic heterocycles. The zero-order valence-electron chi connectivity index (χ0n) is 19.8. The summed E-state index contributed by atoms with van der Waals surface area (Å²) in [6.45, 7) is 4.11. The van der Waals surface area contributed by atoms with E-state index in [1.54, 1.807) is 28.6 Å². The Morgan fingerprint density at radius 2 is 1.53 bits per heavy atom. The first-order chi connectivity index (χ1) is 16.5. The number of amides is 2. The van der Waals surface area contributed by atoms with E-state index in [1.165, 1.54) is 18.4 Å². The highest BCUT2D eigenvalue weighted by atomic mass is 32.2. The first kappa shape index (κ1) is 24.7. The molecule has 7 nitrogen and oxygen atoms in total. The summed E-state index contributed by atoms with van der Waals surface area (Å²) < 4.78 is 27.1. The van der Waals surface area contributed by atoms with Crippen molar-refractivity contribution in [2.75, 3.05) is 26.2 Å². The number of piperidine rings is 2. The summed E-state index contributed by atoms with van der Waals surface area (Å²) in [6.07, 6.45) is 6.39. The summed E-state index contributed by atoms with van der Waals surface area (Å²) in [5, 5.41) is 5.92. The molecule has 1 atom stereocenters. The number of urea groups is 1. The number of nitrogens with one attached hydrogen (secondary N) is 2. The van der Waals surface area contributed by atoms with E-state index in [2.05, 4.69) is 39.8 Å². The van der Waals surface area contributed by atoms with Crippen molar-refractivity contribution in [1.82, 2.24) is 19.8 Å². The van der Waals surface area contributed by atoms with E-state index >= 15 is 0 Å². The van der Waals surface area contributed by atoms with Crippen molar-refractivity contribution >= 4 is 16.1 Å². The molecule has 1 unspecified atom stereocenters. The van der Waals surface area contributed by atoms with Gasteiger partial charge < -0.3 is 10.6 Å². The van der Waals surface area contributed by atoms with Crippen molar-refractivity contribution < 1.29 is 13.2 Å². The number of sulfonamides is 1. The van der Waals surface area contributed by atoms with E-state index in [1.807, 2.05) is 6.07 Å². The molecule has 0 saturated carbocycles. The number of hydrogen-bond donors (Lipinski definition) is 2. The molecule has 2 amide bonds. The molecule has 34 heavy (non-hydrogen) atoms. The van der Waals surface area contributed by atoms with Crippen LogP contribution >= 0.6 is 0 Å². The van der Waals surface area contributed by atoms with Gasteiger partial charge in [-0.3, -0.25) is 4.90 Å². The minimum absolute atomic E-state index is 0.199. The number of hydrogen-bond acceptors (Lipinski definition) is 4. The summed E-state index contributed by atoms with van der Waals surface area (Å²) in [4.78, 5) is 15.2. The number of nitrogens with zero attached hydrogens (tertiary/aromatic N) is 2. The molecule has 2 N–H and O–H groups in total. The van der Waals surface area contributed by atoms with Crippen LogP contribution in [0.3, 0.4) is 0 Å². The summed E-state index contributed by atoms with van der Waals surface area (Å²) in [6, 6.07) is 17.4. The van der Waals surface area contributed by atoms with Gasteiger partial charge in [-0.15, -0.1) is 0 Å². The Morgan fingerprint density at radius 3 is 2.26 bits per heavy atom. The summed E-state index contributed by atoms with van der Waals surface area (Å²) in [7, 11) is -3.43. The lowest BCUT2D eigenvalue weighted by molar-refractivity contribution is 0.138. The van der Waals surface area contributed by atoms with Crippen LogP contribution in [0, 0.1) is 0 Å². The maximum absolute atomic E-state index is 12.8. The van der Waals surface area contributed by atoms with E-state index in [0.717, 1.165) is 44.3 Å². The van der Waals surface area contributed by atoms with Crippen molar-refractivity contribution in [2.45, 2.75) is 62.6 Å². The quantitative estimate of drug-likeness (QED) is 0.598. The van der Waals surface area contributed by atoms with Crippen LogP contribution in [0.1, 0.15) is 49.7 Å². The van der Waals surface area contributed by atoms with Crippen LogP contribution < -0.4 is 10.6 Å². The maximum Gasteiger partial charge on any atom is 0.315 e. The fourth-order valence-corrected chi connectivity index (χ4v) is 6.32. The van der Waals surface area contributed by atoms with Gasteiger partial charge >= 0.3 is 6.03 Å². The van der Waals surface area contributed by atoms with Crippen molar-refractivity contribution in [3.05, 3.63) is 65.7 Å². The van der Waals surface area contributed by atoms with E-state index in [9.17, 15) is 13.2 Å². The van der Waals surface area contributed by atoms with Crippen molar-refractivity contribution in [3.8, 4) is 0 Å². The predicted octanol–water partition coefficient (Wildman–Crippen LogP) is 3.72. The van der Waals surface area contributed by atoms with Gasteiger partial charge in [0.05, 0.1) is 4.90 Å². The maximum atomic E-state index is 12.8. The van der Waals surface area contributed by atoms with Gasteiger partial charge in [0.2, 0.25) is 10.0 Å². The average molecular weight is 485 g/mol. The van der Waals surface area contributed by atoms with Gasteiger partial charge in [0.1, 0.15) is 0 Å². The smallest absolute Gasteiger partial charge is 0.315 e. The van der Waals surface area contributed by atoms with Gasteiger partial charge in [0, 0.05) is 38.8 Å². The van der Waals surface area contributed by atoms with Crippen LogP contribution in [-0.4, -0.2) is 55.9 Å². The Morgan fingerprint density at radius 1 is 0.824 bits per heavy atom. The molecule has 2 aromatic carbocycles. The number of benzene rings is 2. The molecule has 0 aliphatic carbocycles. The van der Waals surface area contributed by atoms with Crippen molar-refractivity contribution in [3.63, 3.8) is 0 Å². The van der Waals surface area contributed by atoms with E-state index in [-0.39, 0.29) is 6.03 Å². The second-order valence-corrected chi connectivity index (χ2v) is 11.2. The van der Waals surface area contributed by atoms with E-state index in [4.69, 9.17) is 0 Å². The lowest BCUT2D eigenvalue weighted by Gasteiger charge is -2.35. The number of carbonyl (C=O) groups is 1. The minimum atomic E-state index is -3.43. The van der Waals surface area contributed by atoms with E-state index < -0.39 is 10.0 Å². The Labute approximate surface area is 203 Å². The Hall–Kier alpha value is -2.42. The van der Waals surface area contributed by atoms with Crippen LogP contribution in [0.15, 0.2) is 59.5 Å². The number of likely N-dealkylation sites (tertiary alicyclic amines) is 1.